The van der Waals surface area contributed by atoms with Crippen molar-refractivity contribution >= 4 is 23.1 Å². The third-order valence-electron chi connectivity index (χ3n) is 5.29. The molecule has 0 spiro atoms. The molecule has 4 heteroatoms. The molecule has 0 atom stereocenters. The summed E-state index contributed by atoms with van der Waals surface area (Å²) in [6.07, 6.45) is 8.52. The Morgan fingerprint density at radius 3 is 2.47 bits per heavy atom. The molecule has 1 aliphatic rings. The maximum Gasteiger partial charge on any atom is 0.196 e. The number of benzene rings is 2. The SMILES string of the molecule is CC.COc1cccc(/C=C/c2oc3ccccc3c(=O)c2C)c1OC1CCCC1. The standard InChI is InChI=1S/C24H24O4.C2H6/c1-16-20(28-21-12-6-5-11-19(21)23(16)25)15-14-17-8-7-13-22(26-2)24(17)27-18-9-3-4-10-18;1-2/h5-8,11-15,18H,3-4,9-10H2,1-2H3;1-2H3/b15-14+;. The molecule has 0 N–H and O–H groups in total. The predicted molar refractivity (Wildman–Crippen MR) is 123 cm³/mol. The van der Waals surface area contributed by atoms with E-state index in [4.69, 9.17) is 13.9 Å². The highest BCUT2D eigenvalue weighted by Gasteiger charge is 2.20. The Morgan fingerprint density at radius 2 is 1.73 bits per heavy atom. The van der Waals surface area contributed by atoms with E-state index in [9.17, 15) is 4.79 Å². The predicted octanol–water partition coefficient (Wildman–Crippen LogP) is 6.63. The van der Waals surface area contributed by atoms with Crippen molar-refractivity contribution in [1.82, 2.24) is 0 Å². The van der Waals surface area contributed by atoms with Gasteiger partial charge in [-0.25, -0.2) is 0 Å². The highest BCUT2D eigenvalue weighted by Crippen LogP contribution is 2.36. The van der Waals surface area contributed by atoms with Crippen molar-refractivity contribution in [3.8, 4) is 11.5 Å². The average molecular weight is 407 g/mol. The number of ether oxygens (including phenoxy) is 2. The number of methoxy groups -OCH3 is 1. The highest BCUT2D eigenvalue weighted by atomic mass is 16.5. The molecule has 1 saturated carbocycles. The van der Waals surface area contributed by atoms with Crippen LogP contribution in [0.4, 0.5) is 0 Å². The molecule has 3 aromatic rings. The van der Waals surface area contributed by atoms with E-state index in [0.717, 1.165) is 24.2 Å². The Hall–Kier alpha value is -3.01. The van der Waals surface area contributed by atoms with E-state index >= 15 is 0 Å². The number of para-hydroxylation sites is 2. The van der Waals surface area contributed by atoms with Gasteiger partial charge in [0.1, 0.15) is 11.3 Å². The van der Waals surface area contributed by atoms with E-state index in [1.54, 1.807) is 20.1 Å². The van der Waals surface area contributed by atoms with E-state index in [1.807, 2.05) is 62.4 Å². The van der Waals surface area contributed by atoms with Gasteiger partial charge in [0.2, 0.25) is 0 Å². The maximum atomic E-state index is 12.6. The van der Waals surface area contributed by atoms with Crippen LogP contribution in [0, 0.1) is 6.92 Å². The molecule has 1 aliphatic carbocycles. The smallest absolute Gasteiger partial charge is 0.196 e. The van der Waals surface area contributed by atoms with Crippen LogP contribution in [-0.2, 0) is 0 Å². The zero-order valence-electron chi connectivity index (χ0n) is 18.2. The van der Waals surface area contributed by atoms with Crippen LogP contribution in [0.25, 0.3) is 23.1 Å². The number of hydrogen-bond donors (Lipinski definition) is 0. The maximum absolute atomic E-state index is 12.6. The van der Waals surface area contributed by atoms with E-state index in [0.29, 0.717) is 28.0 Å². The van der Waals surface area contributed by atoms with Crippen LogP contribution in [0.15, 0.2) is 51.7 Å². The molecule has 30 heavy (non-hydrogen) atoms. The van der Waals surface area contributed by atoms with Crippen LogP contribution in [0.1, 0.15) is 56.4 Å². The molecule has 4 nitrogen and oxygen atoms in total. The van der Waals surface area contributed by atoms with Gasteiger partial charge in [-0.05, 0) is 63.0 Å². The van der Waals surface area contributed by atoms with Gasteiger partial charge in [0, 0.05) is 11.1 Å². The van der Waals surface area contributed by atoms with Crippen LogP contribution in [0.3, 0.4) is 0 Å². The molecule has 0 radical (unpaired) electrons. The van der Waals surface area contributed by atoms with E-state index < -0.39 is 0 Å². The van der Waals surface area contributed by atoms with Crippen LogP contribution < -0.4 is 14.9 Å². The zero-order chi connectivity index (χ0) is 21.5. The van der Waals surface area contributed by atoms with Gasteiger partial charge in [-0.3, -0.25) is 4.79 Å². The molecule has 2 aromatic carbocycles. The Labute approximate surface area is 178 Å². The lowest BCUT2D eigenvalue weighted by Gasteiger charge is -2.18. The van der Waals surface area contributed by atoms with Crippen LogP contribution in [0.5, 0.6) is 11.5 Å². The van der Waals surface area contributed by atoms with Gasteiger partial charge in [0.25, 0.3) is 0 Å². The van der Waals surface area contributed by atoms with Crippen molar-refractivity contribution in [3.05, 3.63) is 69.6 Å². The summed E-state index contributed by atoms with van der Waals surface area (Å²) in [6.45, 7) is 5.79. The van der Waals surface area contributed by atoms with Crippen LogP contribution in [-0.4, -0.2) is 13.2 Å². The second kappa shape index (κ2) is 10.1. The summed E-state index contributed by atoms with van der Waals surface area (Å²) >= 11 is 0. The summed E-state index contributed by atoms with van der Waals surface area (Å²) < 4.78 is 17.8. The quantitative estimate of drug-likeness (QED) is 0.477. The molecule has 0 bridgehead atoms. The Morgan fingerprint density at radius 1 is 1.00 bits per heavy atom. The fourth-order valence-corrected chi connectivity index (χ4v) is 3.70. The number of hydrogen-bond acceptors (Lipinski definition) is 4. The Bertz CT molecular complexity index is 1070. The molecular weight excluding hydrogens is 376 g/mol. The monoisotopic (exact) mass is 406 g/mol. The van der Waals surface area contributed by atoms with Gasteiger partial charge in [-0.2, -0.15) is 0 Å². The topological polar surface area (TPSA) is 48.7 Å². The van der Waals surface area contributed by atoms with Crippen molar-refractivity contribution in [2.24, 2.45) is 0 Å². The lowest BCUT2D eigenvalue weighted by Crippen LogP contribution is -2.12. The summed E-state index contributed by atoms with van der Waals surface area (Å²) in [5.41, 5.74) is 2.08. The fraction of sp³-hybridized carbons (Fsp3) is 0.346. The van der Waals surface area contributed by atoms with Gasteiger partial charge in [-0.15, -0.1) is 0 Å². The van der Waals surface area contributed by atoms with Gasteiger partial charge in [0.05, 0.1) is 18.6 Å². The summed E-state index contributed by atoms with van der Waals surface area (Å²) in [7, 11) is 1.65. The van der Waals surface area contributed by atoms with Crippen molar-refractivity contribution < 1.29 is 13.9 Å². The second-order valence-electron chi connectivity index (χ2n) is 7.15. The van der Waals surface area contributed by atoms with Gasteiger partial charge in [0.15, 0.2) is 16.9 Å². The lowest BCUT2D eigenvalue weighted by molar-refractivity contribution is 0.200. The zero-order valence-corrected chi connectivity index (χ0v) is 18.2. The summed E-state index contributed by atoms with van der Waals surface area (Å²) in [5.74, 6) is 2.01. The molecule has 1 fully saturated rings. The molecule has 0 unspecified atom stereocenters. The number of rotatable bonds is 5. The first-order chi connectivity index (χ1) is 14.7. The molecular formula is C26H30O4. The van der Waals surface area contributed by atoms with Gasteiger partial charge < -0.3 is 13.9 Å². The first-order valence-corrected chi connectivity index (χ1v) is 10.7. The number of fused-ring (bicyclic) bond motifs is 1. The molecule has 158 valence electrons. The summed E-state index contributed by atoms with van der Waals surface area (Å²) in [6, 6.07) is 13.1. The third kappa shape index (κ3) is 4.59. The highest BCUT2D eigenvalue weighted by molar-refractivity contribution is 5.80. The molecule has 0 saturated heterocycles. The molecule has 0 aliphatic heterocycles. The molecule has 1 heterocycles. The van der Waals surface area contributed by atoms with E-state index in [1.165, 1.54) is 12.8 Å². The second-order valence-corrected chi connectivity index (χ2v) is 7.15. The molecule has 0 amide bonds. The van der Waals surface area contributed by atoms with Crippen molar-refractivity contribution in [2.75, 3.05) is 7.11 Å². The first kappa shape index (κ1) is 21.7. The molecule has 4 rings (SSSR count). The first-order valence-electron chi connectivity index (χ1n) is 10.7. The minimum Gasteiger partial charge on any atom is -0.493 e. The summed E-state index contributed by atoms with van der Waals surface area (Å²) in [4.78, 5) is 12.6. The van der Waals surface area contributed by atoms with E-state index in [2.05, 4.69) is 0 Å². The lowest BCUT2D eigenvalue weighted by atomic mass is 10.1. The third-order valence-corrected chi connectivity index (χ3v) is 5.29. The van der Waals surface area contributed by atoms with Crippen LogP contribution >= 0.6 is 0 Å². The largest absolute Gasteiger partial charge is 0.493 e. The van der Waals surface area contributed by atoms with Gasteiger partial charge in [-0.1, -0.05) is 38.1 Å². The van der Waals surface area contributed by atoms with E-state index in [-0.39, 0.29) is 11.5 Å². The Balaban J connectivity index is 0.00000124. The average Bonchev–Trinajstić information content (AvgIpc) is 3.30. The van der Waals surface area contributed by atoms with Gasteiger partial charge >= 0.3 is 0 Å². The van der Waals surface area contributed by atoms with Crippen molar-refractivity contribution in [1.29, 1.82) is 0 Å². The van der Waals surface area contributed by atoms with Crippen LogP contribution in [0.2, 0.25) is 0 Å². The van der Waals surface area contributed by atoms with Crippen molar-refractivity contribution in [2.45, 2.75) is 52.6 Å². The normalized spacial score (nSPS) is 14.0. The van der Waals surface area contributed by atoms with Crippen molar-refractivity contribution in [3.63, 3.8) is 0 Å². The fourth-order valence-electron chi connectivity index (χ4n) is 3.70. The minimum atomic E-state index is -0.00503. The summed E-state index contributed by atoms with van der Waals surface area (Å²) in [5, 5.41) is 0.601. The Kier molecular flexibility index (Phi) is 7.34. The molecule has 1 aromatic heterocycles. The minimum absolute atomic E-state index is 0.00503.